The Labute approximate surface area is 179 Å². The quantitative estimate of drug-likeness (QED) is 0.467. The first-order chi connectivity index (χ1) is 14.9. The molecular formula is C20H15ClN6O4. The molecule has 2 N–H and O–H groups in total. The van der Waals surface area contributed by atoms with Crippen molar-refractivity contribution >= 4 is 34.5 Å². The lowest BCUT2D eigenvalue weighted by molar-refractivity contribution is -0.137. The zero-order valence-corrected chi connectivity index (χ0v) is 16.7. The SMILES string of the molecule is O=C(O)Cn1c(=O)c(C(=O)NCc2ccc(Cl)cc2)cc2ccc(-n3nccn3)nc21. The number of aromatic nitrogens is 5. The molecule has 1 amide bonds. The first-order valence-corrected chi connectivity index (χ1v) is 9.46. The van der Waals surface area contributed by atoms with Gasteiger partial charge >= 0.3 is 5.97 Å². The number of carbonyl (C=O) groups excluding carboxylic acids is 1. The van der Waals surface area contributed by atoms with Crippen LogP contribution in [0.4, 0.5) is 0 Å². The van der Waals surface area contributed by atoms with E-state index in [4.69, 9.17) is 11.6 Å². The van der Waals surface area contributed by atoms with Gasteiger partial charge in [0, 0.05) is 17.0 Å². The Morgan fingerprint density at radius 1 is 1.06 bits per heavy atom. The van der Waals surface area contributed by atoms with Gasteiger partial charge < -0.3 is 10.4 Å². The second-order valence-electron chi connectivity index (χ2n) is 6.55. The summed E-state index contributed by atoms with van der Waals surface area (Å²) in [4.78, 5) is 42.6. The monoisotopic (exact) mass is 438 g/mol. The topological polar surface area (TPSA) is 132 Å². The third-order valence-corrected chi connectivity index (χ3v) is 4.70. The highest BCUT2D eigenvalue weighted by atomic mass is 35.5. The van der Waals surface area contributed by atoms with Crippen LogP contribution in [0.25, 0.3) is 16.9 Å². The molecular weight excluding hydrogens is 424 g/mol. The molecule has 0 radical (unpaired) electrons. The Hall–Kier alpha value is -4.05. The number of pyridine rings is 2. The maximum atomic E-state index is 13.0. The Kier molecular flexibility index (Phi) is 5.46. The van der Waals surface area contributed by atoms with Gasteiger partial charge in [0.2, 0.25) is 0 Å². The number of hydrogen-bond acceptors (Lipinski definition) is 6. The Morgan fingerprint density at radius 2 is 1.77 bits per heavy atom. The molecule has 3 heterocycles. The molecule has 10 nitrogen and oxygen atoms in total. The molecule has 0 aliphatic carbocycles. The molecule has 31 heavy (non-hydrogen) atoms. The second kappa shape index (κ2) is 8.36. The van der Waals surface area contributed by atoms with E-state index in [0.717, 1.165) is 10.1 Å². The molecule has 0 fully saturated rings. The minimum absolute atomic E-state index is 0.108. The predicted octanol–water partition coefficient (Wildman–Crippen LogP) is 1.65. The fourth-order valence-electron chi connectivity index (χ4n) is 3.01. The second-order valence-corrected chi connectivity index (χ2v) is 6.99. The molecule has 1 aromatic carbocycles. The summed E-state index contributed by atoms with van der Waals surface area (Å²) >= 11 is 5.85. The van der Waals surface area contributed by atoms with Gasteiger partial charge in [0.25, 0.3) is 11.5 Å². The molecule has 0 aliphatic rings. The van der Waals surface area contributed by atoms with Crippen LogP contribution in [0.2, 0.25) is 5.02 Å². The van der Waals surface area contributed by atoms with Crippen LogP contribution in [0.5, 0.6) is 0 Å². The van der Waals surface area contributed by atoms with Gasteiger partial charge in [-0.25, -0.2) is 4.98 Å². The number of carboxylic acid groups (broad SMARTS) is 1. The smallest absolute Gasteiger partial charge is 0.323 e. The number of nitrogens with zero attached hydrogens (tertiary/aromatic N) is 5. The summed E-state index contributed by atoms with van der Waals surface area (Å²) in [7, 11) is 0. The molecule has 0 atom stereocenters. The summed E-state index contributed by atoms with van der Waals surface area (Å²) in [5, 5.41) is 20.9. The van der Waals surface area contributed by atoms with Crippen molar-refractivity contribution in [3.63, 3.8) is 0 Å². The largest absolute Gasteiger partial charge is 0.480 e. The molecule has 0 bridgehead atoms. The van der Waals surface area contributed by atoms with Crippen molar-refractivity contribution in [1.82, 2.24) is 29.9 Å². The molecule has 0 spiro atoms. The lowest BCUT2D eigenvalue weighted by Crippen LogP contribution is -2.34. The van der Waals surface area contributed by atoms with Crippen molar-refractivity contribution in [1.29, 1.82) is 0 Å². The number of carboxylic acids is 1. The normalized spacial score (nSPS) is 10.9. The molecule has 0 unspecified atom stereocenters. The van der Waals surface area contributed by atoms with Crippen LogP contribution >= 0.6 is 11.6 Å². The summed E-state index contributed by atoms with van der Waals surface area (Å²) in [6.45, 7) is -0.481. The molecule has 4 rings (SSSR count). The van der Waals surface area contributed by atoms with Crippen LogP contribution in [-0.4, -0.2) is 41.5 Å². The fourth-order valence-corrected chi connectivity index (χ4v) is 3.13. The van der Waals surface area contributed by atoms with E-state index in [9.17, 15) is 19.5 Å². The van der Waals surface area contributed by atoms with E-state index in [1.54, 1.807) is 36.4 Å². The Balaban J connectivity index is 1.73. The summed E-state index contributed by atoms with van der Waals surface area (Å²) < 4.78 is 0.946. The van der Waals surface area contributed by atoms with E-state index in [1.165, 1.54) is 23.3 Å². The van der Waals surface area contributed by atoms with Gasteiger partial charge in [0.15, 0.2) is 5.82 Å². The minimum Gasteiger partial charge on any atom is -0.480 e. The highest BCUT2D eigenvalue weighted by Crippen LogP contribution is 2.15. The van der Waals surface area contributed by atoms with E-state index >= 15 is 0 Å². The van der Waals surface area contributed by atoms with Crippen molar-refractivity contribution in [2.75, 3.05) is 0 Å². The number of aliphatic carboxylic acids is 1. The van der Waals surface area contributed by atoms with Gasteiger partial charge in [-0.3, -0.25) is 19.0 Å². The Morgan fingerprint density at radius 3 is 2.45 bits per heavy atom. The minimum atomic E-state index is -1.24. The number of benzene rings is 1. The number of hydrogen-bond donors (Lipinski definition) is 2. The molecule has 11 heteroatoms. The van der Waals surface area contributed by atoms with Crippen molar-refractivity contribution < 1.29 is 14.7 Å². The van der Waals surface area contributed by atoms with E-state index < -0.39 is 24.0 Å². The molecule has 0 aliphatic heterocycles. The van der Waals surface area contributed by atoms with Crippen LogP contribution in [0.1, 0.15) is 15.9 Å². The summed E-state index contributed by atoms with van der Waals surface area (Å²) in [6, 6.07) is 11.5. The van der Waals surface area contributed by atoms with E-state index in [-0.39, 0.29) is 17.8 Å². The highest BCUT2D eigenvalue weighted by Gasteiger charge is 2.18. The molecule has 0 saturated heterocycles. The summed E-state index contributed by atoms with van der Waals surface area (Å²) in [5.74, 6) is -1.57. The van der Waals surface area contributed by atoms with Gasteiger partial charge in [0.05, 0.1) is 12.4 Å². The van der Waals surface area contributed by atoms with Crippen LogP contribution < -0.4 is 10.9 Å². The fraction of sp³-hybridized carbons (Fsp3) is 0.100. The lowest BCUT2D eigenvalue weighted by Gasteiger charge is -2.12. The summed E-state index contributed by atoms with van der Waals surface area (Å²) in [5.41, 5.74) is -0.0464. The maximum Gasteiger partial charge on any atom is 0.323 e. The average Bonchev–Trinajstić information content (AvgIpc) is 3.29. The van der Waals surface area contributed by atoms with Crippen LogP contribution in [0.15, 0.2) is 59.7 Å². The number of nitrogens with one attached hydrogen (secondary N) is 1. The summed E-state index contributed by atoms with van der Waals surface area (Å²) in [6.07, 6.45) is 2.93. The third kappa shape index (κ3) is 4.28. The first kappa shape index (κ1) is 20.2. The number of rotatable bonds is 6. The van der Waals surface area contributed by atoms with E-state index in [0.29, 0.717) is 16.2 Å². The zero-order chi connectivity index (χ0) is 22.0. The third-order valence-electron chi connectivity index (χ3n) is 4.45. The van der Waals surface area contributed by atoms with Crippen LogP contribution in [0, 0.1) is 0 Å². The highest BCUT2D eigenvalue weighted by molar-refractivity contribution is 6.30. The van der Waals surface area contributed by atoms with Gasteiger partial charge in [-0.1, -0.05) is 23.7 Å². The molecule has 156 valence electrons. The Bertz CT molecular complexity index is 1330. The standard InChI is InChI=1S/C20H15ClN6O4/c21-14-4-1-12(2-5-14)10-22-19(30)15-9-13-3-6-16(27-23-7-8-24-27)25-18(13)26(20(15)31)11-17(28)29/h1-9H,10-11H2,(H,22,30)(H,28,29). The van der Waals surface area contributed by atoms with Crippen molar-refractivity contribution in [3.05, 3.63) is 81.4 Å². The molecule has 0 saturated carbocycles. The van der Waals surface area contributed by atoms with Crippen molar-refractivity contribution in [2.24, 2.45) is 0 Å². The van der Waals surface area contributed by atoms with Crippen molar-refractivity contribution in [3.8, 4) is 5.82 Å². The first-order valence-electron chi connectivity index (χ1n) is 9.08. The van der Waals surface area contributed by atoms with Gasteiger partial charge in [-0.2, -0.15) is 10.2 Å². The van der Waals surface area contributed by atoms with Crippen molar-refractivity contribution in [2.45, 2.75) is 13.1 Å². The van der Waals surface area contributed by atoms with Gasteiger partial charge in [0.1, 0.15) is 17.8 Å². The lowest BCUT2D eigenvalue weighted by atomic mass is 10.1. The van der Waals surface area contributed by atoms with Crippen LogP contribution in [0.3, 0.4) is 0 Å². The number of amides is 1. The van der Waals surface area contributed by atoms with Gasteiger partial charge in [-0.05, 0) is 35.9 Å². The number of halogens is 1. The number of fused-ring (bicyclic) bond motifs is 1. The number of carbonyl (C=O) groups is 2. The van der Waals surface area contributed by atoms with E-state index in [2.05, 4.69) is 20.5 Å². The zero-order valence-electron chi connectivity index (χ0n) is 15.9. The van der Waals surface area contributed by atoms with Gasteiger partial charge in [-0.15, -0.1) is 4.80 Å². The average molecular weight is 439 g/mol. The molecule has 3 aromatic heterocycles. The maximum absolute atomic E-state index is 13.0. The van der Waals surface area contributed by atoms with Crippen LogP contribution in [-0.2, 0) is 17.9 Å². The predicted molar refractivity (Wildman–Crippen MR) is 111 cm³/mol. The molecule has 4 aromatic rings. The van der Waals surface area contributed by atoms with E-state index in [1.807, 2.05) is 0 Å².